The van der Waals surface area contributed by atoms with E-state index in [0.717, 1.165) is 5.69 Å². The molecule has 0 spiro atoms. The number of imidazole rings is 1. The Morgan fingerprint density at radius 3 is 2.87 bits per heavy atom. The fourth-order valence-corrected chi connectivity index (χ4v) is 3.48. The lowest BCUT2D eigenvalue weighted by molar-refractivity contribution is 0.0936. The SMILES string of the molecule is CNc1cc(Nc2cccc(C)n2)nn2c(C(=O)N[C@@H]3CCN(C)C3=C=O)cnc12. The molecular formula is C20H22N8O2. The van der Waals surface area contributed by atoms with Gasteiger partial charge in [-0.1, -0.05) is 6.07 Å². The van der Waals surface area contributed by atoms with Gasteiger partial charge in [0.05, 0.1) is 17.9 Å². The fourth-order valence-electron chi connectivity index (χ4n) is 3.48. The first kappa shape index (κ1) is 19.4. The van der Waals surface area contributed by atoms with Crippen molar-refractivity contribution in [2.75, 3.05) is 31.3 Å². The molecule has 0 aliphatic carbocycles. The minimum Gasteiger partial charge on any atom is -0.385 e. The quantitative estimate of drug-likeness (QED) is 0.544. The van der Waals surface area contributed by atoms with E-state index in [2.05, 4.69) is 31.0 Å². The van der Waals surface area contributed by atoms with Gasteiger partial charge in [0.1, 0.15) is 17.5 Å². The number of carbonyl (C=O) groups excluding carboxylic acids is 2. The van der Waals surface area contributed by atoms with Crippen molar-refractivity contribution in [1.82, 2.24) is 29.8 Å². The number of nitrogens with one attached hydrogen (secondary N) is 3. The van der Waals surface area contributed by atoms with E-state index in [9.17, 15) is 9.59 Å². The van der Waals surface area contributed by atoms with E-state index < -0.39 is 0 Å². The van der Waals surface area contributed by atoms with Gasteiger partial charge in [-0.2, -0.15) is 0 Å². The van der Waals surface area contributed by atoms with Crippen molar-refractivity contribution < 1.29 is 9.59 Å². The zero-order valence-electron chi connectivity index (χ0n) is 16.9. The van der Waals surface area contributed by atoms with Gasteiger partial charge in [-0.3, -0.25) is 4.79 Å². The van der Waals surface area contributed by atoms with Gasteiger partial charge in [0.25, 0.3) is 5.91 Å². The molecule has 3 aromatic heterocycles. The van der Waals surface area contributed by atoms with Gasteiger partial charge in [-0.25, -0.2) is 19.3 Å². The number of likely N-dealkylation sites (N-methyl/N-ethyl adjacent to an activating group) is 1. The molecule has 3 N–H and O–H groups in total. The van der Waals surface area contributed by atoms with Crippen LogP contribution in [-0.2, 0) is 4.79 Å². The van der Waals surface area contributed by atoms with Crippen LogP contribution in [0.25, 0.3) is 5.65 Å². The predicted octanol–water partition coefficient (Wildman–Crippen LogP) is 1.37. The average Bonchev–Trinajstić information content (AvgIpc) is 3.30. The van der Waals surface area contributed by atoms with Crippen LogP contribution < -0.4 is 16.0 Å². The van der Waals surface area contributed by atoms with Gasteiger partial charge in [-0.15, -0.1) is 5.10 Å². The van der Waals surface area contributed by atoms with Crippen molar-refractivity contribution in [2.24, 2.45) is 0 Å². The molecule has 10 heteroatoms. The van der Waals surface area contributed by atoms with Gasteiger partial charge in [0, 0.05) is 32.4 Å². The molecule has 0 bridgehead atoms. The monoisotopic (exact) mass is 406 g/mol. The maximum atomic E-state index is 12.9. The van der Waals surface area contributed by atoms with Gasteiger partial charge in [0.15, 0.2) is 17.2 Å². The molecular weight excluding hydrogens is 384 g/mol. The number of rotatable bonds is 5. The van der Waals surface area contributed by atoms with Crippen molar-refractivity contribution >= 4 is 34.8 Å². The number of aryl methyl sites for hydroxylation is 1. The highest BCUT2D eigenvalue weighted by Crippen LogP contribution is 2.23. The van der Waals surface area contributed by atoms with Crippen molar-refractivity contribution in [1.29, 1.82) is 0 Å². The highest BCUT2D eigenvalue weighted by atomic mass is 16.2. The summed E-state index contributed by atoms with van der Waals surface area (Å²) in [7, 11) is 3.58. The lowest BCUT2D eigenvalue weighted by atomic mass is 10.2. The number of aromatic nitrogens is 4. The number of fused-ring (bicyclic) bond motifs is 1. The number of pyridine rings is 1. The second kappa shape index (κ2) is 7.84. The van der Waals surface area contributed by atoms with E-state index in [0.29, 0.717) is 41.6 Å². The molecule has 1 atom stereocenters. The molecule has 1 saturated heterocycles. The maximum Gasteiger partial charge on any atom is 0.272 e. The molecule has 1 fully saturated rings. The van der Waals surface area contributed by atoms with Crippen molar-refractivity contribution in [2.45, 2.75) is 19.4 Å². The Balaban J connectivity index is 1.67. The van der Waals surface area contributed by atoms with Crippen molar-refractivity contribution in [3.05, 3.63) is 47.5 Å². The van der Waals surface area contributed by atoms with Crippen LogP contribution in [0, 0.1) is 6.92 Å². The summed E-state index contributed by atoms with van der Waals surface area (Å²) in [6.45, 7) is 2.59. The maximum absolute atomic E-state index is 12.9. The first-order valence-corrected chi connectivity index (χ1v) is 9.54. The number of anilines is 3. The number of likely N-dealkylation sites (tertiary alicyclic amines) is 1. The summed E-state index contributed by atoms with van der Waals surface area (Å²) in [6, 6.07) is 7.06. The lowest BCUT2D eigenvalue weighted by Gasteiger charge is -2.15. The summed E-state index contributed by atoms with van der Waals surface area (Å²) >= 11 is 0. The molecule has 30 heavy (non-hydrogen) atoms. The Morgan fingerprint density at radius 2 is 2.13 bits per heavy atom. The van der Waals surface area contributed by atoms with Gasteiger partial charge < -0.3 is 20.9 Å². The molecule has 4 heterocycles. The van der Waals surface area contributed by atoms with Crippen LogP contribution in [0.5, 0.6) is 0 Å². The molecule has 4 rings (SSSR count). The van der Waals surface area contributed by atoms with Crippen molar-refractivity contribution in [3.8, 4) is 0 Å². The van der Waals surface area contributed by atoms with Gasteiger partial charge >= 0.3 is 0 Å². The summed E-state index contributed by atoms with van der Waals surface area (Å²) < 4.78 is 1.47. The van der Waals surface area contributed by atoms with Crippen molar-refractivity contribution in [3.63, 3.8) is 0 Å². The lowest BCUT2D eigenvalue weighted by Crippen LogP contribution is -2.36. The number of nitrogens with zero attached hydrogens (tertiary/aromatic N) is 5. The average molecular weight is 406 g/mol. The second-order valence-corrected chi connectivity index (χ2v) is 7.08. The van der Waals surface area contributed by atoms with Crippen LogP contribution in [0.2, 0.25) is 0 Å². The minimum absolute atomic E-state index is 0.266. The Kier molecular flexibility index (Phi) is 5.07. The highest BCUT2D eigenvalue weighted by molar-refractivity contribution is 5.94. The molecule has 10 nitrogen and oxygen atoms in total. The van der Waals surface area contributed by atoms with E-state index in [-0.39, 0.29) is 17.6 Å². The predicted molar refractivity (Wildman–Crippen MR) is 112 cm³/mol. The summed E-state index contributed by atoms with van der Waals surface area (Å²) in [5.74, 6) is 2.71. The van der Waals surface area contributed by atoms with E-state index in [1.807, 2.05) is 31.1 Å². The molecule has 0 aromatic carbocycles. The largest absolute Gasteiger partial charge is 0.385 e. The fraction of sp³-hybridized carbons (Fsp3) is 0.300. The molecule has 1 aliphatic heterocycles. The van der Waals surface area contributed by atoms with E-state index in [1.165, 1.54) is 10.7 Å². The first-order valence-electron chi connectivity index (χ1n) is 9.54. The Bertz CT molecular complexity index is 1160. The zero-order chi connectivity index (χ0) is 21.3. The standard InChI is InChI=1S/C20H22N8O2/c1-12-5-4-6-17(23-12)25-18-9-14(21-2)19-22-10-15(28(19)26-18)20(30)24-13-7-8-27(3)16(13)11-29/h4-6,9-10,13,21H,7-8H2,1-3H3,(H,24,30)(H,23,25,26)/t13-/m1/s1. The minimum atomic E-state index is -0.382. The van der Waals surface area contributed by atoms with Gasteiger partial charge in [-0.05, 0) is 25.5 Å². The van der Waals surface area contributed by atoms with Crippen LogP contribution in [-0.4, -0.2) is 63.0 Å². The highest BCUT2D eigenvalue weighted by Gasteiger charge is 2.29. The summed E-state index contributed by atoms with van der Waals surface area (Å²) in [5.41, 5.74) is 2.79. The molecule has 154 valence electrons. The van der Waals surface area contributed by atoms with Gasteiger partial charge in [0.2, 0.25) is 0 Å². The Morgan fingerprint density at radius 1 is 1.30 bits per heavy atom. The molecule has 0 unspecified atom stereocenters. The topological polar surface area (TPSA) is 117 Å². The number of hydrogen-bond acceptors (Lipinski definition) is 8. The third-order valence-electron chi connectivity index (χ3n) is 5.02. The molecule has 0 saturated carbocycles. The van der Waals surface area contributed by atoms with Crippen LogP contribution in [0.1, 0.15) is 22.6 Å². The normalized spacial score (nSPS) is 15.9. The third-order valence-corrected chi connectivity index (χ3v) is 5.02. The summed E-state index contributed by atoms with van der Waals surface area (Å²) in [4.78, 5) is 34.7. The molecule has 3 aromatic rings. The summed E-state index contributed by atoms with van der Waals surface area (Å²) in [5, 5.41) is 13.6. The Hall–Kier alpha value is -3.91. The molecule has 1 amide bonds. The number of carbonyl (C=O) groups is 1. The molecule has 0 radical (unpaired) electrons. The second-order valence-electron chi connectivity index (χ2n) is 7.08. The number of hydrogen-bond donors (Lipinski definition) is 3. The van der Waals surface area contributed by atoms with E-state index in [1.54, 1.807) is 25.1 Å². The molecule has 1 aliphatic rings. The van der Waals surface area contributed by atoms with Crippen LogP contribution in [0.4, 0.5) is 17.3 Å². The number of amides is 1. The van der Waals surface area contributed by atoms with Crippen LogP contribution in [0.3, 0.4) is 0 Å². The third kappa shape index (κ3) is 3.56. The Labute approximate surface area is 173 Å². The van der Waals surface area contributed by atoms with E-state index >= 15 is 0 Å². The zero-order valence-corrected chi connectivity index (χ0v) is 16.9. The van der Waals surface area contributed by atoms with Crippen LogP contribution in [0.15, 0.2) is 36.2 Å². The summed E-state index contributed by atoms with van der Waals surface area (Å²) in [6.07, 6.45) is 2.11. The van der Waals surface area contributed by atoms with Crippen LogP contribution >= 0.6 is 0 Å². The first-order chi connectivity index (χ1) is 14.5. The smallest absolute Gasteiger partial charge is 0.272 e. The van der Waals surface area contributed by atoms with E-state index in [4.69, 9.17) is 0 Å².